The van der Waals surface area contributed by atoms with Gasteiger partial charge in [-0.1, -0.05) is 13.8 Å². The SMILES string of the molecule is CCc1nc(CC)n(CCC(C)(NC)C(N)=O)n1. The average molecular weight is 253 g/mol. The molecule has 0 saturated heterocycles. The molecule has 1 aromatic rings. The normalized spacial score (nSPS) is 14.4. The van der Waals surface area contributed by atoms with Gasteiger partial charge in [0.15, 0.2) is 5.82 Å². The number of carbonyl (C=O) groups excluding carboxylic acids is 1. The van der Waals surface area contributed by atoms with Crippen LogP contribution in [-0.2, 0) is 24.2 Å². The van der Waals surface area contributed by atoms with Crippen LogP contribution in [-0.4, -0.2) is 33.3 Å². The van der Waals surface area contributed by atoms with Gasteiger partial charge in [-0.05, 0) is 20.4 Å². The van der Waals surface area contributed by atoms with Crippen LogP contribution in [0.25, 0.3) is 0 Å². The molecule has 0 spiro atoms. The van der Waals surface area contributed by atoms with Crippen LogP contribution >= 0.6 is 0 Å². The van der Waals surface area contributed by atoms with Gasteiger partial charge in [-0.2, -0.15) is 5.10 Å². The molecule has 0 aliphatic rings. The Bertz CT molecular complexity index is 415. The van der Waals surface area contributed by atoms with E-state index in [1.807, 2.05) is 18.5 Å². The highest BCUT2D eigenvalue weighted by molar-refractivity contribution is 5.84. The number of carbonyl (C=O) groups is 1. The number of primary amides is 1. The van der Waals surface area contributed by atoms with E-state index in [1.54, 1.807) is 14.0 Å². The monoisotopic (exact) mass is 253 g/mol. The Hall–Kier alpha value is -1.43. The van der Waals surface area contributed by atoms with Gasteiger partial charge >= 0.3 is 0 Å². The largest absolute Gasteiger partial charge is 0.368 e. The zero-order valence-electron chi connectivity index (χ0n) is 11.7. The van der Waals surface area contributed by atoms with Crippen molar-refractivity contribution in [3.63, 3.8) is 0 Å². The Kier molecular flexibility index (Phi) is 4.84. The Morgan fingerprint density at radius 2 is 2.11 bits per heavy atom. The highest BCUT2D eigenvalue weighted by Crippen LogP contribution is 2.11. The lowest BCUT2D eigenvalue weighted by atomic mass is 9.97. The molecule has 3 N–H and O–H groups in total. The first-order valence-electron chi connectivity index (χ1n) is 6.38. The Morgan fingerprint density at radius 1 is 1.44 bits per heavy atom. The molecule has 1 heterocycles. The smallest absolute Gasteiger partial charge is 0.237 e. The lowest BCUT2D eigenvalue weighted by Crippen LogP contribution is -2.52. The van der Waals surface area contributed by atoms with Gasteiger partial charge in [0.25, 0.3) is 0 Å². The number of amides is 1. The summed E-state index contributed by atoms with van der Waals surface area (Å²) in [6.07, 6.45) is 2.25. The average Bonchev–Trinajstić information content (AvgIpc) is 2.78. The zero-order chi connectivity index (χ0) is 13.8. The number of nitrogens with zero attached hydrogens (tertiary/aromatic N) is 3. The van der Waals surface area contributed by atoms with Crippen molar-refractivity contribution < 1.29 is 4.79 Å². The lowest BCUT2D eigenvalue weighted by Gasteiger charge is -2.25. The minimum absolute atomic E-state index is 0.348. The maximum absolute atomic E-state index is 11.4. The summed E-state index contributed by atoms with van der Waals surface area (Å²) in [7, 11) is 1.74. The molecule has 0 aromatic carbocycles. The first-order valence-corrected chi connectivity index (χ1v) is 6.38. The first kappa shape index (κ1) is 14.6. The summed E-state index contributed by atoms with van der Waals surface area (Å²) in [4.78, 5) is 15.8. The topological polar surface area (TPSA) is 85.8 Å². The van der Waals surface area contributed by atoms with Gasteiger partial charge in [0.05, 0.1) is 5.54 Å². The fraction of sp³-hybridized carbons (Fsp3) is 0.750. The predicted octanol–water partition coefficient (Wildman–Crippen LogP) is 0.256. The van der Waals surface area contributed by atoms with Crippen molar-refractivity contribution in [2.45, 2.75) is 52.1 Å². The van der Waals surface area contributed by atoms with Crippen LogP contribution in [0.5, 0.6) is 0 Å². The number of aromatic nitrogens is 3. The fourth-order valence-electron chi connectivity index (χ4n) is 1.72. The van der Waals surface area contributed by atoms with Crippen molar-refractivity contribution in [2.24, 2.45) is 5.73 Å². The van der Waals surface area contributed by atoms with Crippen molar-refractivity contribution in [1.29, 1.82) is 0 Å². The van der Waals surface area contributed by atoms with Gasteiger partial charge in [-0.15, -0.1) is 0 Å². The highest BCUT2D eigenvalue weighted by atomic mass is 16.1. The third-order valence-corrected chi connectivity index (χ3v) is 3.34. The van der Waals surface area contributed by atoms with Gasteiger partial charge in [-0.3, -0.25) is 4.79 Å². The molecule has 0 aliphatic carbocycles. The molecule has 6 nitrogen and oxygen atoms in total. The molecule has 0 aliphatic heterocycles. The van der Waals surface area contributed by atoms with E-state index in [9.17, 15) is 4.79 Å². The summed E-state index contributed by atoms with van der Waals surface area (Å²) < 4.78 is 1.87. The van der Waals surface area contributed by atoms with Gasteiger partial charge in [0, 0.05) is 19.4 Å². The van der Waals surface area contributed by atoms with Crippen LogP contribution in [0, 0.1) is 0 Å². The molecule has 102 valence electrons. The minimum Gasteiger partial charge on any atom is -0.368 e. The van der Waals surface area contributed by atoms with Crippen LogP contribution in [0.15, 0.2) is 0 Å². The fourth-order valence-corrected chi connectivity index (χ4v) is 1.72. The number of hydrogen-bond donors (Lipinski definition) is 2. The number of rotatable bonds is 7. The number of aryl methyl sites for hydroxylation is 3. The molecular formula is C12H23N5O. The second kappa shape index (κ2) is 5.95. The molecular weight excluding hydrogens is 230 g/mol. The number of nitrogens with two attached hydrogens (primary N) is 1. The number of hydrogen-bond acceptors (Lipinski definition) is 4. The van der Waals surface area contributed by atoms with Crippen molar-refractivity contribution in [3.05, 3.63) is 11.6 Å². The van der Waals surface area contributed by atoms with Crippen molar-refractivity contribution >= 4 is 5.91 Å². The van der Waals surface area contributed by atoms with Crippen LogP contribution in [0.4, 0.5) is 0 Å². The first-order chi connectivity index (χ1) is 8.46. The quantitative estimate of drug-likeness (QED) is 0.729. The Balaban J connectivity index is 2.79. The van der Waals surface area contributed by atoms with Crippen LogP contribution in [0.1, 0.15) is 38.8 Å². The number of likely N-dealkylation sites (N-methyl/N-ethyl adjacent to an activating group) is 1. The van der Waals surface area contributed by atoms with E-state index in [4.69, 9.17) is 5.73 Å². The van der Waals surface area contributed by atoms with Crippen molar-refractivity contribution in [1.82, 2.24) is 20.1 Å². The lowest BCUT2D eigenvalue weighted by molar-refractivity contribution is -0.124. The van der Waals surface area contributed by atoms with E-state index in [0.717, 1.165) is 24.5 Å². The van der Waals surface area contributed by atoms with E-state index >= 15 is 0 Å². The van der Waals surface area contributed by atoms with Crippen molar-refractivity contribution in [3.8, 4) is 0 Å². The summed E-state index contributed by atoms with van der Waals surface area (Å²) in [5.41, 5.74) is 4.70. The molecule has 1 rings (SSSR count). The number of nitrogens with one attached hydrogen (secondary N) is 1. The second-order valence-electron chi connectivity index (χ2n) is 4.57. The van der Waals surface area contributed by atoms with E-state index in [2.05, 4.69) is 15.4 Å². The minimum atomic E-state index is -0.705. The molecule has 6 heteroatoms. The summed E-state index contributed by atoms with van der Waals surface area (Å²) in [5, 5.41) is 7.39. The van der Waals surface area contributed by atoms with Gasteiger partial charge in [0.2, 0.25) is 5.91 Å². The molecule has 0 radical (unpaired) electrons. The van der Waals surface area contributed by atoms with Gasteiger partial charge in [-0.25, -0.2) is 9.67 Å². The van der Waals surface area contributed by atoms with E-state index < -0.39 is 5.54 Å². The van der Waals surface area contributed by atoms with Crippen LogP contribution < -0.4 is 11.1 Å². The molecule has 1 amide bonds. The summed E-state index contributed by atoms with van der Waals surface area (Å²) in [6, 6.07) is 0. The van der Waals surface area contributed by atoms with Gasteiger partial charge in [0.1, 0.15) is 5.82 Å². The third-order valence-electron chi connectivity index (χ3n) is 3.34. The maximum Gasteiger partial charge on any atom is 0.237 e. The van der Waals surface area contributed by atoms with Crippen molar-refractivity contribution in [2.75, 3.05) is 7.05 Å². The van der Waals surface area contributed by atoms with E-state index in [1.165, 1.54) is 0 Å². The summed E-state index contributed by atoms with van der Waals surface area (Å²) in [6.45, 7) is 6.51. The second-order valence-corrected chi connectivity index (χ2v) is 4.57. The Morgan fingerprint density at radius 3 is 2.56 bits per heavy atom. The molecule has 1 aromatic heterocycles. The molecule has 1 unspecified atom stereocenters. The Labute approximate surface area is 108 Å². The van der Waals surface area contributed by atoms with Crippen LogP contribution in [0.2, 0.25) is 0 Å². The summed E-state index contributed by atoms with van der Waals surface area (Å²) >= 11 is 0. The highest BCUT2D eigenvalue weighted by Gasteiger charge is 2.29. The maximum atomic E-state index is 11.4. The molecule has 0 saturated carbocycles. The van der Waals surface area contributed by atoms with E-state index in [-0.39, 0.29) is 5.91 Å². The van der Waals surface area contributed by atoms with Gasteiger partial charge < -0.3 is 11.1 Å². The molecule has 18 heavy (non-hydrogen) atoms. The molecule has 1 atom stereocenters. The van der Waals surface area contributed by atoms with Crippen LogP contribution in [0.3, 0.4) is 0 Å². The van der Waals surface area contributed by atoms with E-state index in [0.29, 0.717) is 13.0 Å². The standard InChI is InChI=1S/C12H23N5O/c1-5-9-15-10(6-2)17(16-9)8-7-12(3,14-4)11(13)18/h14H,5-8H2,1-4H3,(H2,13,18). The molecule has 0 fully saturated rings. The predicted molar refractivity (Wildman–Crippen MR) is 70.1 cm³/mol. The molecule has 0 bridgehead atoms. The zero-order valence-corrected chi connectivity index (χ0v) is 11.7. The summed E-state index contributed by atoms with van der Waals surface area (Å²) in [5.74, 6) is 1.45. The third kappa shape index (κ3) is 3.07.